The van der Waals surface area contributed by atoms with Crippen molar-refractivity contribution in [3.05, 3.63) is 24.3 Å². The number of carbonyl (C=O) groups excluding carboxylic acids is 2. The predicted molar refractivity (Wildman–Crippen MR) is 106 cm³/mol. The van der Waals surface area contributed by atoms with Crippen LogP contribution in [0.2, 0.25) is 0 Å². The van der Waals surface area contributed by atoms with E-state index in [2.05, 4.69) is 19.2 Å². The first-order valence-electron chi connectivity index (χ1n) is 9.41. The van der Waals surface area contributed by atoms with Crippen LogP contribution in [0.4, 0.5) is 5.69 Å². The Morgan fingerprint density at radius 2 is 1.80 bits per heavy atom. The van der Waals surface area contributed by atoms with Crippen LogP contribution in [0.3, 0.4) is 0 Å². The van der Waals surface area contributed by atoms with E-state index in [1.54, 1.807) is 0 Å². The predicted octanol–water partition coefficient (Wildman–Crippen LogP) is 6.04. The van der Waals surface area contributed by atoms with Crippen LogP contribution in [0.1, 0.15) is 72.6 Å². The van der Waals surface area contributed by atoms with E-state index >= 15 is 0 Å². The maximum atomic E-state index is 12.8. The highest BCUT2D eigenvalue weighted by molar-refractivity contribution is 8.13. The molecule has 0 aliphatic heterocycles. The molecule has 0 saturated heterocycles. The molecule has 1 N–H and O–H groups in total. The molecule has 1 aromatic rings. The highest BCUT2D eigenvalue weighted by Gasteiger charge is 2.35. The van der Waals surface area contributed by atoms with Crippen LogP contribution in [-0.4, -0.2) is 11.0 Å². The third-order valence-corrected chi connectivity index (χ3v) is 6.58. The summed E-state index contributed by atoms with van der Waals surface area (Å²) in [6.07, 6.45) is 7.18. The van der Waals surface area contributed by atoms with E-state index in [1.807, 2.05) is 38.1 Å². The molecule has 0 atom stereocenters. The van der Waals surface area contributed by atoms with E-state index < -0.39 is 0 Å². The molecule has 0 bridgehead atoms. The first-order valence-corrected chi connectivity index (χ1v) is 10.2. The summed E-state index contributed by atoms with van der Waals surface area (Å²) in [6.45, 7) is 8.15. The van der Waals surface area contributed by atoms with Crippen molar-refractivity contribution in [3.8, 4) is 0 Å². The number of anilines is 1. The van der Waals surface area contributed by atoms with Gasteiger partial charge in [0.05, 0.1) is 5.69 Å². The topological polar surface area (TPSA) is 46.2 Å². The van der Waals surface area contributed by atoms with Crippen molar-refractivity contribution in [1.82, 2.24) is 0 Å². The number of benzene rings is 1. The van der Waals surface area contributed by atoms with E-state index in [1.165, 1.54) is 18.2 Å². The van der Waals surface area contributed by atoms with Crippen LogP contribution >= 0.6 is 11.8 Å². The number of thioether (sulfide) groups is 1. The van der Waals surface area contributed by atoms with Gasteiger partial charge < -0.3 is 5.32 Å². The van der Waals surface area contributed by atoms with E-state index in [4.69, 9.17) is 0 Å². The van der Waals surface area contributed by atoms with Gasteiger partial charge in [0.25, 0.3) is 0 Å². The highest BCUT2D eigenvalue weighted by Crippen LogP contribution is 2.39. The summed E-state index contributed by atoms with van der Waals surface area (Å²) >= 11 is 1.25. The Morgan fingerprint density at radius 1 is 1.16 bits per heavy atom. The van der Waals surface area contributed by atoms with Crippen molar-refractivity contribution >= 4 is 28.5 Å². The zero-order valence-electron chi connectivity index (χ0n) is 16.0. The largest absolute Gasteiger partial charge is 0.325 e. The maximum Gasteiger partial charge on any atom is 0.230 e. The summed E-state index contributed by atoms with van der Waals surface area (Å²) in [7, 11) is 0. The van der Waals surface area contributed by atoms with Gasteiger partial charge in [-0.15, -0.1) is 0 Å². The molecule has 0 heterocycles. The summed E-state index contributed by atoms with van der Waals surface area (Å²) in [5.41, 5.74) is 0.109. The molecule has 1 fully saturated rings. The molecule has 138 valence electrons. The Kier molecular flexibility index (Phi) is 6.72. The standard InChI is InChI=1S/C21H31NO2S/c1-5-13-20(2,3)19(24)25-17-12-8-7-11-16(17)22-18(23)21(4)14-9-6-10-15-21/h7-8,11-12H,5-6,9-10,13-15H2,1-4H3,(H,22,23). The Bertz CT molecular complexity index is 618. The Balaban J connectivity index is 2.12. The summed E-state index contributed by atoms with van der Waals surface area (Å²) in [5, 5.41) is 3.25. The zero-order valence-corrected chi connectivity index (χ0v) is 16.8. The summed E-state index contributed by atoms with van der Waals surface area (Å²) in [4.78, 5) is 26.3. The second kappa shape index (κ2) is 8.39. The third kappa shape index (κ3) is 5.10. The molecule has 3 nitrogen and oxygen atoms in total. The Morgan fingerprint density at radius 3 is 2.44 bits per heavy atom. The molecule has 4 heteroatoms. The molecule has 1 saturated carbocycles. The zero-order chi connectivity index (χ0) is 18.5. The van der Waals surface area contributed by atoms with Gasteiger partial charge in [-0.1, -0.05) is 65.5 Å². The van der Waals surface area contributed by atoms with Gasteiger partial charge >= 0.3 is 0 Å². The second-order valence-electron chi connectivity index (χ2n) is 8.10. The minimum Gasteiger partial charge on any atom is -0.325 e. The normalized spacial score (nSPS) is 17.1. The molecule has 0 aromatic heterocycles. The lowest BCUT2D eigenvalue weighted by Crippen LogP contribution is -2.35. The smallest absolute Gasteiger partial charge is 0.230 e. The van der Waals surface area contributed by atoms with Crippen molar-refractivity contribution in [3.63, 3.8) is 0 Å². The van der Waals surface area contributed by atoms with Gasteiger partial charge in [-0.25, -0.2) is 0 Å². The molecule has 1 aromatic carbocycles. The number of hydrogen-bond acceptors (Lipinski definition) is 3. The SMILES string of the molecule is CCCC(C)(C)C(=O)Sc1ccccc1NC(=O)C1(C)CCCCC1. The third-order valence-electron chi connectivity index (χ3n) is 5.27. The summed E-state index contributed by atoms with van der Waals surface area (Å²) < 4.78 is 0. The van der Waals surface area contributed by atoms with Crippen LogP contribution in [0, 0.1) is 10.8 Å². The Labute approximate surface area is 156 Å². The maximum absolute atomic E-state index is 12.8. The van der Waals surface area contributed by atoms with Gasteiger partial charge in [-0.3, -0.25) is 9.59 Å². The molecule has 1 amide bonds. The first kappa shape index (κ1) is 20.0. The van der Waals surface area contributed by atoms with Crippen LogP contribution < -0.4 is 5.32 Å². The fourth-order valence-corrected chi connectivity index (χ4v) is 4.41. The molecule has 2 rings (SSSR count). The molecular formula is C21H31NO2S. The number of amides is 1. The van der Waals surface area contributed by atoms with Gasteiger partial charge in [-0.05, 0) is 43.2 Å². The van der Waals surface area contributed by atoms with Crippen molar-refractivity contribution < 1.29 is 9.59 Å². The fourth-order valence-electron chi connectivity index (χ4n) is 3.46. The lowest BCUT2D eigenvalue weighted by Gasteiger charge is -2.32. The number of nitrogens with one attached hydrogen (secondary N) is 1. The summed E-state index contributed by atoms with van der Waals surface area (Å²) in [5.74, 6) is 0.0838. The number of rotatable bonds is 6. The van der Waals surface area contributed by atoms with Crippen molar-refractivity contribution in [2.24, 2.45) is 10.8 Å². The average Bonchev–Trinajstić information content (AvgIpc) is 2.57. The summed E-state index contributed by atoms with van der Waals surface area (Å²) in [6, 6.07) is 7.64. The van der Waals surface area contributed by atoms with E-state index in [9.17, 15) is 9.59 Å². The van der Waals surface area contributed by atoms with Gasteiger partial charge in [0.2, 0.25) is 5.91 Å². The molecule has 1 aliphatic carbocycles. The van der Waals surface area contributed by atoms with Gasteiger partial charge in [0, 0.05) is 15.7 Å². The van der Waals surface area contributed by atoms with Crippen LogP contribution in [0.25, 0.3) is 0 Å². The van der Waals surface area contributed by atoms with Gasteiger partial charge in [0.1, 0.15) is 0 Å². The number of carbonyl (C=O) groups is 2. The van der Waals surface area contributed by atoms with E-state index in [-0.39, 0.29) is 21.9 Å². The molecule has 0 radical (unpaired) electrons. The monoisotopic (exact) mass is 361 g/mol. The molecule has 1 aliphatic rings. The Hall–Kier alpha value is -1.29. The van der Waals surface area contributed by atoms with Crippen LogP contribution in [0.5, 0.6) is 0 Å². The first-order chi connectivity index (χ1) is 11.8. The molecule has 25 heavy (non-hydrogen) atoms. The van der Waals surface area contributed by atoms with Gasteiger partial charge in [-0.2, -0.15) is 0 Å². The van der Waals surface area contributed by atoms with Crippen molar-refractivity contribution in [2.75, 3.05) is 5.32 Å². The minimum absolute atomic E-state index is 0.0838. The fraction of sp³-hybridized carbons (Fsp3) is 0.619. The molecular weight excluding hydrogens is 330 g/mol. The van der Waals surface area contributed by atoms with Crippen LogP contribution in [0.15, 0.2) is 29.2 Å². The molecule has 0 unspecified atom stereocenters. The van der Waals surface area contributed by atoms with Gasteiger partial charge in [0.15, 0.2) is 5.12 Å². The highest BCUT2D eigenvalue weighted by atomic mass is 32.2. The van der Waals surface area contributed by atoms with Crippen LogP contribution in [-0.2, 0) is 9.59 Å². The molecule has 0 spiro atoms. The quantitative estimate of drug-likeness (QED) is 0.628. The average molecular weight is 362 g/mol. The minimum atomic E-state index is -0.355. The lowest BCUT2D eigenvalue weighted by atomic mass is 9.75. The van der Waals surface area contributed by atoms with Crippen molar-refractivity contribution in [1.29, 1.82) is 0 Å². The number of para-hydroxylation sites is 1. The number of hydrogen-bond donors (Lipinski definition) is 1. The van der Waals surface area contributed by atoms with E-state index in [0.29, 0.717) is 0 Å². The van der Waals surface area contributed by atoms with Crippen molar-refractivity contribution in [2.45, 2.75) is 77.5 Å². The lowest BCUT2D eigenvalue weighted by molar-refractivity contribution is -0.126. The second-order valence-corrected chi connectivity index (χ2v) is 9.11. The van der Waals surface area contributed by atoms with E-state index in [0.717, 1.165) is 49.1 Å².